The summed E-state index contributed by atoms with van der Waals surface area (Å²) >= 11 is 0. The van der Waals surface area contributed by atoms with Crippen molar-refractivity contribution in [2.75, 3.05) is 0 Å². The minimum atomic E-state index is 0.126. The highest BCUT2D eigenvalue weighted by molar-refractivity contribution is 5.74. The SMILES string of the molecule is Cc1cc(C(C)(C)C)cc(-c2cnc3ccc(C(C)C)cc3[n+]2C)c1C. The van der Waals surface area contributed by atoms with Crippen LogP contribution in [0.3, 0.4) is 0 Å². The number of aryl methyl sites for hydroxylation is 2. The van der Waals surface area contributed by atoms with Crippen LogP contribution in [-0.2, 0) is 12.5 Å². The molecule has 0 unspecified atom stereocenters. The molecule has 3 aromatic rings. The Bertz CT molecular complexity index is 976. The minimum Gasteiger partial charge on any atom is -0.243 e. The monoisotopic (exact) mass is 347 g/mol. The van der Waals surface area contributed by atoms with Gasteiger partial charge in [0.25, 0.3) is 0 Å². The number of hydrogen-bond donors (Lipinski definition) is 0. The third kappa shape index (κ3) is 3.25. The van der Waals surface area contributed by atoms with E-state index in [0.29, 0.717) is 5.92 Å². The van der Waals surface area contributed by atoms with Gasteiger partial charge in [0.15, 0.2) is 0 Å². The van der Waals surface area contributed by atoms with E-state index < -0.39 is 0 Å². The van der Waals surface area contributed by atoms with Crippen molar-refractivity contribution in [2.45, 2.75) is 59.8 Å². The summed E-state index contributed by atoms with van der Waals surface area (Å²) in [4.78, 5) is 4.76. The van der Waals surface area contributed by atoms with Gasteiger partial charge in [0, 0.05) is 6.07 Å². The molecule has 0 aliphatic carbocycles. The Morgan fingerprint density at radius 1 is 1.00 bits per heavy atom. The van der Waals surface area contributed by atoms with Crippen LogP contribution in [0.2, 0.25) is 0 Å². The number of aromatic nitrogens is 2. The molecular weight excluding hydrogens is 316 g/mol. The molecule has 0 bridgehead atoms. The molecule has 136 valence electrons. The van der Waals surface area contributed by atoms with E-state index >= 15 is 0 Å². The maximum Gasteiger partial charge on any atom is 0.231 e. The summed E-state index contributed by atoms with van der Waals surface area (Å²) in [6, 6.07) is 11.3. The molecule has 0 fully saturated rings. The van der Waals surface area contributed by atoms with E-state index in [1.54, 1.807) is 0 Å². The lowest BCUT2D eigenvalue weighted by Crippen LogP contribution is -2.33. The highest BCUT2D eigenvalue weighted by Gasteiger charge is 2.22. The van der Waals surface area contributed by atoms with E-state index in [1.807, 2.05) is 6.20 Å². The van der Waals surface area contributed by atoms with E-state index in [1.165, 1.54) is 39.0 Å². The van der Waals surface area contributed by atoms with E-state index in [0.717, 1.165) is 5.52 Å². The topological polar surface area (TPSA) is 16.8 Å². The molecule has 0 atom stereocenters. The maximum absolute atomic E-state index is 4.76. The van der Waals surface area contributed by atoms with Crippen molar-refractivity contribution in [3.63, 3.8) is 0 Å². The van der Waals surface area contributed by atoms with Crippen LogP contribution in [0.4, 0.5) is 0 Å². The number of rotatable bonds is 2. The molecule has 1 heterocycles. The maximum atomic E-state index is 4.76. The molecule has 26 heavy (non-hydrogen) atoms. The van der Waals surface area contributed by atoms with Crippen LogP contribution in [0, 0.1) is 13.8 Å². The van der Waals surface area contributed by atoms with Crippen molar-refractivity contribution in [3.8, 4) is 11.3 Å². The van der Waals surface area contributed by atoms with E-state index in [4.69, 9.17) is 4.98 Å². The average Bonchev–Trinajstić information content (AvgIpc) is 2.56. The molecule has 0 aliphatic rings. The largest absolute Gasteiger partial charge is 0.243 e. The molecule has 0 spiro atoms. The average molecular weight is 348 g/mol. The molecule has 0 amide bonds. The molecule has 0 aliphatic heterocycles. The van der Waals surface area contributed by atoms with Gasteiger partial charge in [0.1, 0.15) is 18.8 Å². The van der Waals surface area contributed by atoms with E-state index in [-0.39, 0.29) is 5.41 Å². The van der Waals surface area contributed by atoms with Crippen LogP contribution in [0.15, 0.2) is 36.5 Å². The Hall–Kier alpha value is -2.22. The van der Waals surface area contributed by atoms with Crippen LogP contribution in [0.5, 0.6) is 0 Å². The Morgan fingerprint density at radius 2 is 1.69 bits per heavy atom. The molecule has 0 radical (unpaired) electrons. The van der Waals surface area contributed by atoms with Gasteiger partial charge in [0.2, 0.25) is 11.2 Å². The molecule has 0 N–H and O–H groups in total. The zero-order valence-corrected chi connectivity index (χ0v) is 17.4. The fraction of sp³-hybridized carbons (Fsp3) is 0.417. The van der Waals surface area contributed by atoms with Crippen molar-refractivity contribution < 1.29 is 4.57 Å². The van der Waals surface area contributed by atoms with Gasteiger partial charge in [-0.3, -0.25) is 0 Å². The molecule has 0 saturated carbocycles. The first-order chi connectivity index (χ1) is 12.1. The smallest absolute Gasteiger partial charge is 0.231 e. The normalized spacial score (nSPS) is 12.2. The molecule has 2 aromatic carbocycles. The second-order valence-corrected chi connectivity index (χ2v) is 8.82. The lowest BCUT2D eigenvalue weighted by atomic mass is 9.83. The van der Waals surface area contributed by atoms with E-state index in [2.05, 4.69) is 90.4 Å². The predicted molar refractivity (Wildman–Crippen MR) is 111 cm³/mol. The minimum absolute atomic E-state index is 0.126. The third-order valence-corrected chi connectivity index (χ3v) is 5.52. The zero-order valence-electron chi connectivity index (χ0n) is 17.4. The van der Waals surface area contributed by atoms with Crippen molar-refractivity contribution in [1.29, 1.82) is 0 Å². The number of benzene rings is 2. The first-order valence-electron chi connectivity index (χ1n) is 9.50. The van der Waals surface area contributed by atoms with Gasteiger partial charge in [-0.05, 0) is 59.6 Å². The van der Waals surface area contributed by atoms with Gasteiger partial charge < -0.3 is 0 Å². The number of fused-ring (bicyclic) bond motifs is 1. The lowest BCUT2D eigenvalue weighted by Gasteiger charge is -2.22. The van der Waals surface area contributed by atoms with Gasteiger partial charge in [0.05, 0.1) is 5.56 Å². The van der Waals surface area contributed by atoms with Crippen molar-refractivity contribution in [1.82, 2.24) is 4.98 Å². The highest BCUT2D eigenvalue weighted by Crippen LogP contribution is 2.31. The molecule has 3 rings (SSSR count). The second kappa shape index (κ2) is 6.50. The molecule has 1 aromatic heterocycles. The summed E-state index contributed by atoms with van der Waals surface area (Å²) in [5, 5.41) is 0. The molecule has 2 nitrogen and oxygen atoms in total. The predicted octanol–water partition coefficient (Wildman–Crippen LogP) is 5.76. The third-order valence-electron chi connectivity index (χ3n) is 5.52. The highest BCUT2D eigenvalue weighted by atomic mass is 15.0. The summed E-state index contributed by atoms with van der Waals surface area (Å²) in [5.41, 5.74) is 10.2. The summed E-state index contributed by atoms with van der Waals surface area (Å²) in [6.45, 7) is 15.7. The van der Waals surface area contributed by atoms with Gasteiger partial charge in [-0.2, -0.15) is 4.57 Å². The van der Waals surface area contributed by atoms with Crippen LogP contribution in [-0.4, -0.2) is 4.98 Å². The van der Waals surface area contributed by atoms with Crippen LogP contribution in [0.1, 0.15) is 62.8 Å². The van der Waals surface area contributed by atoms with E-state index in [9.17, 15) is 0 Å². The first kappa shape index (κ1) is 18.6. The Morgan fingerprint density at radius 3 is 2.31 bits per heavy atom. The van der Waals surface area contributed by atoms with Crippen molar-refractivity contribution >= 4 is 11.0 Å². The van der Waals surface area contributed by atoms with Gasteiger partial charge >= 0.3 is 0 Å². The van der Waals surface area contributed by atoms with Gasteiger partial charge in [-0.25, -0.2) is 4.98 Å². The summed E-state index contributed by atoms with van der Waals surface area (Å²) < 4.78 is 2.29. The molecule has 0 saturated heterocycles. The summed E-state index contributed by atoms with van der Waals surface area (Å²) in [5.74, 6) is 0.510. The Balaban J connectivity index is 2.29. The first-order valence-corrected chi connectivity index (χ1v) is 9.50. The summed E-state index contributed by atoms with van der Waals surface area (Å²) in [7, 11) is 2.15. The zero-order chi connectivity index (χ0) is 19.2. The van der Waals surface area contributed by atoms with Crippen molar-refractivity contribution in [3.05, 3.63) is 58.8 Å². The van der Waals surface area contributed by atoms with Gasteiger partial charge in [-0.1, -0.05) is 46.8 Å². The number of nitrogens with zero attached hydrogens (tertiary/aromatic N) is 2. The quantitative estimate of drug-likeness (QED) is 0.538. The lowest BCUT2D eigenvalue weighted by molar-refractivity contribution is -0.634. The molecular formula is C24H31N2+. The Kier molecular flexibility index (Phi) is 4.64. The van der Waals surface area contributed by atoms with Crippen LogP contribution >= 0.6 is 0 Å². The van der Waals surface area contributed by atoms with Crippen LogP contribution in [0.25, 0.3) is 22.3 Å². The summed E-state index contributed by atoms with van der Waals surface area (Å²) in [6.07, 6.45) is 2.02. The van der Waals surface area contributed by atoms with Crippen molar-refractivity contribution in [2.24, 2.45) is 7.05 Å². The van der Waals surface area contributed by atoms with Crippen LogP contribution < -0.4 is 4.57 Å². The fourth-order valence-electron chi connectivity index (χ4n) is 3.43. The molecule has 2 heteroatoms. The standard InChI is InChI=1S/C24H31N2/c1-15(2)18-9-10-21-22(12-18)26(8)23(14-25-21)20-13-19(24(5,6)7)11-16(3)17(20)4/h9-15H,1-8H3/q+1. The second-order valence-electron chi connectivity index (χ2n) is 8.82. The van der Waals surface area contributed by atoms with Gasteiger partial charge in [-0.15, -0.1) is 0 Å². The Labute approximate surface area is 157 Å². The fourth-order valence-corrected chi connectivity index (χ4v) is 3.43. The number of hydrogen-bond acceptors (Lipinski definition) is 1.